The van der Waals surface area contributed by atoms with Crippen LogP contribution in [0.25, 0.3) is 0 Å². The first-order chi connectivity index (χ1) is 7.96. The number of nitrogens with one attached hydrogen (secondary N) is 1. The lowest BCUT2D eigenvalue weighted by Crippen LogP contribution is -2.57. The zero-order chi connectivity index (χ0) is 12.5. The standard InChI is InChI=1S/C13H24N2O2/c1-12(6-4-8-17-9-12)15-11(16)13(2)7-3-5-10(13)14/h10H,3-9,14H2,1-2H3,(H,15,16). The maximum atomic E-state index is 12.4. The summed E-state index contributed by atoms with van der Waals surface area (Å²) in [6.07, 6.45) is 4.91. The highest BCUT2D eigenvalue weighted by Crippen LogP contribution is 2.37. The SMILES string of the molecule is CC1(NC(=O)C2(C)CCCC2N)CCCOC1. The van der Waals surface area contributed by atoms with Gasteiger partial charge in [0.2, 0.25) is 5.91 Å². The second kappa shape index (κ2) is 4.58. The van der Waals surface area contributed by atoms with Gasteiger partial charge in [-0.3, -0.25) is 4.79 Å². The summed E-state index contributed by atoms with van der Waals surface area (Å²) >= 11 is 0. The van der Waals surface area contributed by atoms with Gasteiger partial charge in [-0.25, -0.2) is 0 Å². The minimum atomic E-state index is -0.388. The van der Waals surface area contributed by atoms with Crippen LogP contribution in [0.5, 0.6) is 0 Å². The topological polar surface area (TPSA) is 64.4 Å². The van der Waals surface area contributed by atoms with E-state index >= 15 is 0 Å². The molecule has 4 heteroatoms. The number of amides is 1. The van der Waals surface area contributed by atoms with E-state index < -0.39 is 0 Å². The first kappa shape index (κ1) is 12.8. The summed E-state index contributed by atoms with van der Waals surface area (Å²) in [6.45, 7) is 5.48. The molecule has 1 saturated heterocycles. The fourth-order valence-electron chi connectivity index (χ4n) is 2.92. The second-order valence-electron chi connectivity index (χ2n) is 6.09. The Morgan fingerprint density at radius 3 is 2.65 bits per heavy atom. The quantitative estimate of drug-likeness (QED) is 0.762. The van der Waals surface area contributed by atoms with E-state index in [0.29, 0.717) is 6.61 Å². The lowest BCUT2D eigenvalue weighted by molar-refractivity contribution is -0.134. The predicted molar refractivity (Wildman–Crippen MR) is 66.5 cm³/mol. The molecule has 1 heterocycles. The summed E-state index contributed by atoms with van der Waals surface area (Å²) in [5, 5.41) is 3.16. The zero-order valence-corrected chi connectivity index (χ0v) is 10.9. The molecule has 3 atom stereocenters. The van der Waals surface area contributed by atoms with Gasteiger partial charge in [0, 0.05) is 12.6 Å². The lowest BCUT2D eigenvalue weighted by atomic mass is 9.82. The number of ether oxygens (including phenoxy) is 1. The minimum Gasteiger partial charge on any atom is -0.379 e. The van der Waals surface area contributed by atoms with Gasteiger partial charge in [-0.1, -0.05) is 6.42 Å². The predicted octanol–water partition coefficient (Wildman–Crippen LogP) is 1.19. The molecule has 3 unspecified atom stereocenters. The molecule has 0 aromatic heterocycles. The van der Waals surface area contributed by atoms with E-state index in [2.05, 4.69) is 12.2 Å². The van der Waals surface area contributed by atoms with Crippen molar-refractivity contribution < 1.29 is 9.53 Å². The van der Waals surface area contributed by atoms with E-state index in [1.165, 1.54) is 0 Å². The molecular weight excluding hydrogens is 216 g/mol. The number of carbonyl (C=O) groups is 1. The van der Waals surface area contributed by atoms with E-state index in [-0.39, 0.29) is 22.9 Å². The summed E-state index contributed by atoms with van der Waals surface area (Å²) in [4.78, 5) is 12.4. The van der Waals surface area contributed by atoms with E-state index in [4.69, 9.17) is 10.5 Å². The third kappa shape index (κ3) is 2.47. The van der Waals surface area contributed by atoms with Gasteiger partial charge in [-0.2, -0.15) is 0 Å². The second-order valence-corrected chi connectivity index (χ2v) is 6.09. The normalized spacial score (nSPS) is 42.4. The summed E-state index contributed by atoms with van der Waals surface area (Å²) in [5.74, 6) is 0.107. The van der Waals surface area contributed by atoms with Crippen LogP contribution in [0.4, 0.5) is 0 Å². The first-order valence-corrected chi connectivity index (χ1v) is 6.62. The van der Waals surface area contributed by atoms with Gasteiger partial charge in [0.1, 0.15) is 0 Å². The molecule has 2 aliphatic rings. The Balaban J connectivity index is 2.00. The van der Waals surface area contributed by atoms with Crippen molar-refractivity contribution in [1.29, 1.82) is 0 Å². The molecule has 1 aliphatic carbocycles. The van der Waals surface area contributed by atoms with Crippen LogP contribution in [0, 0.1) is 5.41 Å². The fourth-order valence-corrected chi connectivity index (χ4v) is 2.92. The molecule has 3 N–H and O–H groups in total. The van der Waals surface area contributed by atoms with Crippen LogP contribution in [0.2, 0.25) is 0 Å². The smallest absolute Gasteiger partial charge is 0.228 e. The van der Waals surface area contributed by atoms with Gasteiger partial charge >= 0.3 is 0 Å². The molecule has 1 saturated carbocycles. The van der Waals surface area contributed by atoms with Crippen LogP contribution >= 0.6 is 0 Å². The molecule has 4 nitrogen and oxygen atoms in total. The van der Waals surface area contributed by atoms with Crippen LogP contribution in [0.15, 0.2) is 0 Å². The fraction of sp³-hybridized carbons (Fsp3) is 0.923. The highest BCUT2D eigenvalue weighted by molar-refractivity contribution is 5.84. The monoisotopic (exact) mass is 240 g/mol. The van der Waals surface area contributed by atoms with E-state index in [1.807, 2.05) is 6.92 Å². The highest BCUT2D eigenvalue weighted by Gasteiger charge is 2.45. The Hall–Kier alpha value is -0.610. The molecule has 2 fully saturated rings. The number of nitrogens with two attached hydrogens (primary N) is 1. The van der Waals surface area contributed by atoms with Crippen molar-refractivity contribution in [2.24, 2.45) is 11.1 Å². The Bertz CT molecular complexity index is 300. The van der Waals surface area contributed by atoms with Crippen LogP contribution in [0.1, 0.15) is 46.0 Å². The number of hydrogen-bond acceptors (Lipinski definition) is 3. The molecule has 2 rings (SSSR count). The van der Waals surface area contributed by atoms with Crippen molar-refractivity contribution in [1.82, 2.24) is 5.32 Å². The maximum Gasteiger partial charge on any atom is 0.228 e. The van der Waals surface area contributed by atoms with Crippen LogP contribution in [0.3, 0.4) is 0 Å². The van der Waals surface area contributed by atoms with E-state index in [9.17, 15) is 4.79 Å². The van der Waals surface area contributed by atoms with Gasteiger partial charge in [0.15, 0.2) is 0 Å². The van der Waals surface area contributed by atoms with Crippen LogP contribution in [-0.2, 0) is 9.53 Å². The van der Waals surface area contributed by atoms with Gasteiger partial charge in [0.25, 0.3) is 0 Å². The van der Waals surface area contributed by atoms with E-state index in [1.54, 1.807) is 0 Å². The summed E-state index contributed by atoms with van der Waals surface area (Å²) < 4.78 is 5.46. The van der Waals surface area contributed by atoms with Gasteiger partial charge in [-0.05, 0) is 39.5 Å². The highest BCUT2D eigenvalue weighted by atomic mass is 16.5. The molecule has 17 heavy (non-hydrogen) atoms. The van der Waals surface area contributed by atoms with Crippen molar-refractivity contribution in [2.75, 3.05) is 13.2 Å². The van der Waals surface area contributed by atoms with Gasteiger partial charge in [-0.15, -0.1) is 0 Å². The Morgan fingerprint density at radius 2 is 2.12 bits per heavy atom. The molecule has 0 spiro atoms. The van der Waals surface area contributed by atoms with Gasteiger partial charge < -0.3 is 15.8 Å². The summed E-state index contributed by atoms with van der Waals surface area (Å²) in [7, 11) is 0. The molecule has 0 aromatic rings. The van der Waals surface area contributed by atoms with Crippen molar-refractivity contribution in [3.8, 4) is 0 Å². The summed E-state index contributed by atoms with van der Waals surface area (Å²) in [5.41, 5.74) is 5.47. The number of hydrogen-bond donors (Lipinski definition) is 2. The minimum absolute atomic E-state index is 0.00407. The van der Waals surface area contributed by atoms with Crippen LogP contribution in [-0.4, -0.2) is 30.7 Å². The van der Waals surface area contributed by atoms with Crippen molar-refractivity contribution in [3.63, 3.8) is 0 Å². The number of rotatable bonds is 2. The van der Waals surface area contributed by atoms with E-state index in [0.717, 1.165) is 38.7 Å². The molecule has 1 aliphatic heterocycles. The third-order valence-electron chi connectivity index (χ3n) is 4.40. The van der Waals surface area contributed by atoms with Crippen molar-refractivity contribution in [2.45, 2.75) is 57.5 Å². The largest absolute Gasteiger partial charge is 0.379 e. The molecular formula is C13H24N2O2. The number of carbonyl (C=O) groups excluding carboxylic acids is 1. The van der Waals surface area contributed by atoms with Crippen molar-refractivity contribution in [3.05, 3.63) is 0 Å². The molecule has 1 amide bonds. The molecule has 0 aromatic carbocycles. The lowest BCUT2D eigenvalue weighted by Gasteiger charge is -2.38. The Kier molecular flexibility index (Phi) is 3.46. The molecule has 98 valence electrons. The third-order valence-corrected chi connectivity index (χ3v) is 4.40. The average Bonchev–Trinajstić information content (AvgIpc) is 2.61. The maximum absolute atomic E-state index is 12.4. The average molecular weight is 240 g/mol. The Morgan fingerprint density at radius 1 is 1.35 bits per heavy atom. The first-order valence-electron chi connectivity index (χ1n) is 6.62. The van der Waals surface area contributed by atoms with Crippen molar-refractivity contribution >= 4 is 5.91 Å². The van der Waals surface area contributed by atoms with Crippen LogP contribution < -0.4 is 11.1 Å². The molecule has 0 radical (unpaired) electrons. The summed E-state index contributed by atoms with van der Waals surface area (Å²) in [6, 6.07) is -0.00407. The molecule has 0 bridgehead atoms. The van der Waals surface area contributed by atoms with Gasteiger partial charge in [0.05, 0.1) is 17.6 Å². The Labute approximate surface area is 103 Å². The zero-order valence-electron chi connectivity index (χ0n) is 10.9.